The van der Waals surface area contributed by atoms with E-state index >= 15 is 0 Å². The highest BCUT2D eigenvalue weighted by atomic mass is 16.7. The third-order valence-corrected chi connectivity index (χ3v) is 6.14. The second-order valence-electron chi connectivity index (χ2n) is 8.39. The minimum Gasteiger partial charge on any atom is -0.497 e. The monoisotopic (exact) mass is 454 g/mol. The molecule has 2 aliphatic heterocycles. The Hall–Kier alpha value is -3.52. The van der Waals surface area contributed by atoms with Gasteiger partial charge in [0.25, 0.3) is 0 Å². The Balaban J connectivity index is 1.75. The van der Waals surface area contributed by atoms with E-state index in [0.29, 0.717) is 52.6 Å². The van der Waals surface area contributed by atoms with E-state index in [1.165, 1.54) is 13.2 Å². The summed E-state index contributed by atoms with van der Waals surface area (Å²) in [6.45, 7) is 1.42. The fraction of sp³-hybridized carbons (Fsp3) is 0.360. The average molecular weight is 454 g/mol. The fourth-order valence-corrected chi connectivity index (χ4v) is 4.47. The van der Waals surface area contributed by atoms with Crippen molar-refractivity contribution in [1.29, 1.82) is 0 Å². The van der Waals surface area contributed by atoms with E-state index < -0.39 is 0 Å². The van der Waals surface area contributed by atoms with Gasteiger partial charge in [-0.05, 0) is 29.3 Å². The number of hydrogen-bond donors (Lipinski definition) is 0. The van der Waals surface area contributed by atoms with E-state index in [-0.39, 0.29) is 25.1 Å². The van der Waals surface area contributed by atoms with E-state index in [4.69, 9.17) is 23.7 Å². The summed E-state index contributed by atoms with van der Waals surface area (Å²) in [6, 6.07) is 7.47. The minimum atomic E-state index is -0.279. The predicted molar refractivity (Wildman–Crippen MR) is 121 cm³/mol. The van der Waals surface area contributed by atoms with Crippen LogP contribution in [0.2, 0.25) is 0 Å². The van der Waals surface area contributed by atoms with Crippen molar-refractivity contribution in [3.05, 3.63) is 52.6 Å². The molecule has 0 saturated carbocycles. The van der Waals surface area contributed by atoms with Crippen LogP contribution in [0.3, 0.4) is 0 Å². The number of rotatable bonds is 7. The number of hydrogen-bond acceptors (Lipinski definition) is 7. The van der Waals surface area contributed by atoms with Crippen molar-refractivity contribution < 1.29 is 37.8 Å². The Labute approximate surface area is 192 Å². The molecule has 2 heterocycles. The van der Waals surface area contributed by atoms with Crippen LogP contribution in [0.15, 0.2) is 30.3 Å². The van der Waals surface area contributed by atoms with Gasteiger partial charge in [-0.2, -0.15) is 0 Å². The summed E-state index contributed by atoms with van der Waals surface area (Å²) in [6.07, 6.45) is 3.88. The molecule has 174 valence electrons. The molecule has 0 aliphatic carbocycles. The van der Waals surface area contributed by atoms with Crippen LogP contribution >= 0.6 is 0 Å². The van der Waals surface area contributed by atoms with E-state index in [9.17, 15) is 9.59 Å². The molecular formula is C25H28NO7+. The summed E-state index contributed by atoms with van der Waals surface area (Å²) in [5.41, 5.74) is 3.07. The number of nitrogens with zero attached hydrogens (tertiary/aromatic N) is 1. The largest absolute Gasteiger partial charge is 0.497 e. The van der Waals surface area contributed by atoms with Crippen molar-refractivity contribution in [3.8, 4) is 23.0 Å². The first-order valence-electron chi connectivity index (χ1n) is 10.7. The summed E-state index contributed by atoms with van der Waals surface area (Å²) >= 11 is 0. The summed E-state index contributed by atoms with van der Waals surface area (Å²) in [5, 5.41) is 0. The zero-order chi connectivity index (χ0) is 23.6. The van der Waals surface area contributed by atoms with E-state index in [1.54, 1.807) is 20.3 Å². The van der Waals surface area contributed by atoms with Crippen LogP contribution < -0.4 is 18.9 Å². The number of benzene rings is 2. The minimum absolute atomic E-state index is 0.0166. The topological polar surface area (TPSA) is 80.3 Å². The number of fused-ring (bicyclic) bond motifs is 2. The number of carbonyl (C=O) groups is 2. The maximum Gasteiger partial charge on any atom is 0.361 e. The quantitative estimate of drug-likeness (QED) is 0.275. The zero-order valence-corrected chi connectivity index (χ0v) is 19.3. The molecule has 2 aromatic carbocycles. The maximum absolute atomic E-state index is 13.4. The van der Waals surface area contributed by atoms with Crippen molar-refractivity contribution in [2.24, 2.45) is 0 Å². The molecule has 0 spiro atoms. The lowest BCUT2D eigenvalue weighted by Crippen LogP contribution is -2.51. The van der Waals surface area contributed by atoms with Crippen molar-refractivity contribution in [3.63, 3.8) is 0 Å². The number of esters is 1. The highest BCUT2D eigenvalue weighted by Gasteiger charge is 2.40. The first-order valence-corrected chi connectivity index (χ1v) is 10.7. The number of ether oxygens (including phenoxy) is 5. The second kappa shape index (κ2) is 9.15. The molecule has 0 fully saturated rings. The van der Waals surface area contributed by atoms with Gasteiger partial charge in [0.2, 0.25) is 12.5 Å². The third kappa shape index (κ3) is 4.39. The molecule has 0 radical (unpaired) electrons. The third-order valence-electron chi connectivity index (χ3n) is 6.14. The number of allylic oxidation sites excluding steroid dienone is 1. The molecule has 0 amide bonds. The van der Waals surface area contributed by atoms with Crippen LogP contribution in [0.25, 0.3) is 6.08 Å². The second-order valence-corrected chi connectivity index (χ2v) is 8.39. The lowest BCUT2D eigenvalue weighted by atomic mass is 9.89. The van der Waals surface area contributed by atoms with Gasteiger partial charge in [-0.25, -0.2) is 4.79 Å². The number of methoxy groups -OCH3 is 3. The number of quaternary nitrogens is 1. The van der Waals surface area contributed by atoms with E-state index in [0.717, 1.165) is 16.7 Å². The highest BCUT2D eigenvalue weighted by molar-refractivity contribution is 6.11. The lowest BCUT2D eigenvalue weighted by Gasteiger charge is -2.38. The Morgan fingerprint density at radius 3 is 2.61 bits per heavy atom. The van der Waals surface area contributed by atoms with Crippen molar-refractivity contribution in [1.82, 2.24) is 0 Å². The van der Waals surface area contributed by atoms with Crippen LogP contribution in [0.1, 0.15) is 27.0 Å². The molecular weight excluding hydrogens is 426 g/mol. The molecule has 1 unspecified atom stereocenters. The Morgan fingerprint density at radius 2 is 1.88 bits per heavy atom. The van der Waals surface area contributed by atoms with Gasteiger partial charge in [0.1, 0.15) is 12.3 Å². The van der Waals surface area contributed by atoms with Gasteiger partial charge in [0.05, 0.1) is 46.0 Å². The SMILES string of the molecule is COC(=O)C[N+]1(C)CCc2c(c(OC)c3c(c2C(=O)C=Cc2cccc(OC)c2)OCO3)C1. The van der Waals surface area contributed by atoms with Gasteiger partial charge in [0, 0.05) is 6.42 Å². The molecule has 0 aromatic heterocycles. The molecule has 2 aromatic rings. The van der Waals surface area contributed by atoms with Gasteiger partial charge >= 0.3 is 5.97 Å². The van der Waals surface area contributed by atoms with Crippen LogP contribution in [0.5, 0.6) is 23.0 Å². The highest BCUT2D eigenvalue weighted by Crippen LogP contribution is 2.50. The van der Waals surface area contributed by atoms with Gasteiger partial charge in [-0.15, -0.1) is 0 Å². The van der Waals surface area contributed by atoms with Gasteiger partial charge in [-0.3, -0.25) is 4.79 Å². The average Bonchev–Trinajstić information content (AvgIpc) is 3.30. The molecule has 33 heavy (non-hydrogen) atoms. The molecule has 0 bridgehead atoms. The van der Waals surface area contributed by atoms with Crippen molar-refractivity contribution >= 4 is 17.8 Å². The Kier molecular flexibility index (Phi) is 6.29. The zero-order valence-electron chi connectivity index (χ0n) is 19.3. The normalized spacial score (nSPS) is 18.7. The maximum atomic E-state index is 13.4. The first-order chi connectivity index (χ1) is 15.9. The summed E-state index contributed by atoms with van der Waals surface area (Å²) in [4.78, 5) is 25.4. The van der Waals surface area contributed by atoms with E-state index in [1.807, 2.05) is 31.3 Å². The number of carbonyl (C=O) groups excluding carboxylic acids is 2. The van der Waals surface area contributed by atoms with Crippen LogP contribution in [0, 0.1) is 0 Å². The molecule has 1 atom stereocenters. The summed E-state index contributed by atoms with van der Waals surface area (Å²) < 4.78 is 27.7. The number of likely N-dealkylation sites (N-methyl/N-ethyl adjacent to an activating group) is 1. The van der Waals surface area contributed by atoms with E-state index in [2.05, 4.69) is 0 Å². The predicted octanol–water partition coefficient (Wildman–Crippen LogP) is 3.00. The Morgan fingerprint density at radius 1 is 1.09 bits per heavy atom. The summed E-state index contributed by atoms with van der Waals surface area (Å²) in [5.74, 6) is 1.66. The van der Waals surface area contributed by atoms with Gasteiger partial charge in [0.15, 0.2) is 23.8 Å². The molecule has 8 nitrogen and oxygen atoms in total. The molecule has 8 heteroatoms. The first kappa shape index (κ1) is 22.7. The van der Waals surface area contributed by atoms with Crippen LogP contribution in [-0.4, -0.2) is 64.5 Å². The fourth-order valence-electron chi connectivity index (χ4n) is 4.47. The summed E-state index contributed by atoms with van der Waals surface area (Å²) in [7, 11) is 6.55. The molecule has 4 rings (SSSR count). The molecule has 2 aliphatic rings. The molecule has 0 saturated heterocycles. The lowest BCUT2D eigenvalue weighted by molar-refractivity contribution is -0.917. The Bertz CT molecular complexity index is 1120. The van der Waals surface area contributed by atoms with Gasteiger partial charge in [-0.1, -0.05) is 18.2 Å². The smallest absolute Gasteiger partial charge is 0.361 e. The molecule has 0 N–H and O–H groups in total. The van der Waals surface area contributed by atoms with Crippen LogP contribution in [-0.2, 0) is 22.5 Å². The number of ketones is 1. The van der Waals surface area contributed by atoms with Crippen LogP contribution in [0.4, 0.5) is 0 Å². The van der Waals surface area contributed by atoms with Crippen molar-refractivity contribution in [2.45, 2.75) is 13.0 Å². The van der Waals surface area contributed by atoms with Crippen molar-refractivity contribution in [2.75, 3.05) is 48.3 Å². The van der Waals surface area contributed by atoms with Gasteiger partial charge < -0.3 is 28.2 Å². The standard InChI is InChI=1S/C25H28NO7/c1-26(14-21(28)30-3)11-10-18-19(13-26)23(31-4)25-24(32-15-33-25)22(18)20(27)9-8-16-6-5-7-17(12-16)29-2/h5-9,12H,10-11,13-15H2,1-4H3/q+1.